The smallest absolute Gasteiger partial charge is 0.123 e. The molecule has 1 aromatic carbocycles. The van der Waals surface area contributed by atoms with E-state index in [-0.39, 0.29) is 14.6 Å². The molecule has 0 amide bonds. The van der Waals surface area contributed by atoms with Crippen LogP contribution >= 0.6 is 0 Å². The molecule has 1 nitrogen and oxygen atoms in total. The first-order valence-corrected chi connectivity index (χ1v) is 10.1. The molecule has 0 saturated carbocycles. The van der Waals surface area contributed by atoms with E-state index in [1.54, 1.807) is 12.1 Å². The molecule has 0 atom stereocenters. The molecular weight excluding hydrogens is 267 g/mol. The largest absolute Gasteiger partial charge is 0.493 e. The van der Waals surface area contributed by atoms with Gasteiger partial charge in [-0.1, -0.05) is 44.3 Å². The zero-order chi connectivity index (χ0) is 14.2. The first-order valence-electron chi connectivity index (χ1n) is 8.00. The highest BCUT2D eigenvalue weighted by atomic mass is 28.3. The minimum Gasteiger partial charge on any atom is -0.493 e. The van der Waals surface area contributed by atoms with Crippen LogP contribution in [-0.4, -0.2) is 15.4 Å². The van der Waals surface area contributed by atoms with E-state index in [4.69, 9.17) is 4.74 Å². The predicted molar refractivity (Wildman–Crippen MR) is 84.3 cm³/mol. The van der Waals surface area contributed by atoms with Crippen LogP contribution in [0.15, 0.2) is 24.3 Å². The Morgan fingerprint density at radius 2 is 1.85 bits per heavy atom. The second-order valence-electron chi connectivity index (χ2n) is 5.92. The Morgan fingerprint density at radius 1 is 1.15 bits per heavy atom. The third kappa shape index (κ3) is 5.27. The number of unbranched alkanes of at least 4 members (excludes halogenated alkanes) is 2. The fraction of sp³-hybridized carbons (Fsp3) is 0.647. The summed E-state index contributed by atoms with van der Waals surface area (Å²) in [4.78, 5) is 0. The van der Waals surface area contributed by atoms with Crippen molar-refractivity contribution in [2.24, 2.45) is 5.92 Å². The highest BCUT2D eigenvalue weighted by Gasteiger charge is 2.22. The number of benzene rings is 1. The first-order chi connectivity index (χ1) is 9.78. The molecule has 1 saturated heterocycles. The molecule has 2 rings (SSSR count). The van der Waals surface area contributed by atoms with E-state index in [1.165, 1.54) is 62.4 Å². The lowest BCUT2D eigenvalue weighted by Crippen LogP contribution is -2.24. The van der Waals surface area contributed by atoms with Gasteiger partial charge in [0.15, 0.2) is 0 Å². The third-order valence-corrected chi connectivity index (χ3v) is 7.30. The van der Waals surface area contributed by atoms with Gasteiger partial charge in [-0.2, -0.15) is 0 Å². The van der Waals surface area contributed by atoms with Crippen LogP contribution in [0.2, 0.25) is 18.1 Å². The van der Waals surface area contributed by atoms with Gasteiger partial charge in [0.05, 0.1) is 6.61 Å². The van der Waals surface area contributed by atoms with Gasteiger partial charge in [-0.3, -0.25) is 0 Å². The number of halogens is 1. The van der Waals surface area contributed by atoms with Crippen molar-refractivity contribution < 1.29 is 9.13 Å². The van der Waals surface area contributed by atoms with E-state index < -0.39 is 0 Å². The van der Waals surface area contributed by atoms with E-state index in [0.29, 0.717) is 5.92 Å². The number of rotatable bonds is 7. The summed E-state index contributed by atoms with van der Waals surface area (Å²) in [5, 5.41) is 0. The van der Waals surface area contributed by atoms with Crippen LogP contribution in [0.3, 0.4) is 0 Å². The van der Waals surface area contributed by atoms with Gasteiger partial charge < -0.3 is 4.74 Å². The summed E-state index contributed by atoms with van der Waals surface area (Å²) in [7, 11) is -0.0457. The average molecular weight is 293 g/mol. The van der Waals surface area contributed by atoms with Gasteiger partial charge in [0.2, 0.25) is 0 Å². The van der Waals surface area contributed by atoms with Crippen LogP contribution in [-0.2, 0) is 0 Å². The summed E-state index contributed by atoms with van der Waals surface area (Å²) in [6, 6.07) is 10.8. The van der Waals surface area contributed by atoms with Gasteiger partial charge in [0, 0.05) is 8.80 Å². The summed E-state index contributed by atoms with van der Waals surface area (Å²) in [5.74, 6) is 1.31. The molecule has 1 fully saturated rings. The summed E-state index contributed by atoms with van der Waals surface area (Å²) in [6.45, 7) is 3.08. The maximum atomic E-state index is 12.8. The molecule has 0 aliphatic carbocycles. The standard InChI is InChI=1S/C17H26FOSi/c1-2-3-4-11-20-12-9-15(10-13-20)14-19-17-7-5-16(18)6-8-17/h5-8,15H,2-4,9-14H2,1H3. The third-order valence-electron chi connectivity index (χ3n) is 4.25. The van der Waals surface area contributed by atoms with Crippen LogP contribution in [0.1, 0.15) is 39.0 Å². The number of ether oxygens (including phenoxy) is 1. The van der Waals surface area contributed by atoms with Gasteiger partial charge in [0.1, 0.15) is 11.6 Å². The number of hydrogen-bond donors (Lipinski definition) is 0. The molecule has 0 unspecified atom stereocenters. The van der Waals surface area contributed by atoms with Gasteiger partial charge in [-0.05, 0) is 43.0 Å². The van der Waals surface area contributed by atoms with E-state index in [0.717, 1.165) is 12.4 Å². The van der Waals surface area contributed by atoms with Crippen LogP contribution in [0.5, 0.6) is 5.75 Å². The van der Waals surface area contributed by atoms with Crippen LogP contribution in [0.25, 0.3) is 0 Å². The van der Waals surface area contributed by atoms with Crippen molar-refractivity contribution in [3.63, 3.8) is 0 Å². The molecule has 1 aliphatic rings. The highest BCUT2D eigenvalue weighted by molar-refractivity contribution is 6.58. The second kappa shape index (κ2) is 8.45. The summed E-state index contributed by atoms with van der Waals surface area (Å²) < 4.78 is 18.6. The lowest BCUT2D eigenvalue weighted by atomic mass is 10.0. The summed E-state index contributed by atoms with van der Waals surface area (Å²) >= 11 is 0. The molecule has 3 heteroatoms. The monoisotopic (exact) mass is 293 g/mol. The van der Waals surface area contributed by atoms with Crippen molar-refractivity contribution in [2.75, 3.05) is 6.61 Å². The van der Waals surface area contributed by atoms with E-state index in [1.807, 2.05) is 0 Å². The summed E-state index contributed by atoms with van der Waals surface area (Å²) in [5.41, 5.74) is 0. The molecule has 1 aromatic rings. The van der Waals surface area contributed by atoms with Crippen molar-refractivity contribution in [1.82, 2.24) is 0 Å². The molecular formula is C17H26FOSi. The lowest BCUT2D eigenvalue weighted by Gasteiger charge is -2.27. The van der Waals surface area contributed by atoms with Gasteiger partial charge in [-0.25, -0.2) is 4.39 Å². The van der Waals surface area contributed by atoms with E-state index in [2.05, 4.69) is 6.92 Å². The summed E-state index contributed by atoms with van der Waals surface area (Å²) in [6.07, 6.45) is 6.86. The Bertz CT molecular complexity index is 371. The van der Waals surface area contributed by atoms with Crippen LogP contribution < -0.4 is 4.74 Å². The molecule has 1 aliphatic heterocycles. The lowest BCUT2D eigenvalue weighted by molar-refractivity contribution is 0.236. The highest BCUT2D eigenvalue weighted by Crippen LogP contribution is 2.28. The Balaban J connectivity index is 1.63. The molecule has 0 N–H and O–H groups in total. The van der Waals surface area contributed by atoms with Gasteiger partial charge >= 0.3 is 0 Å². The van der Waals surface area contributed by atoms with Crippen molar-refractivity contribution in [3.8, 4) is 5.75 Å². The molecule has 0 aromatic heterocycles. The first kappa shape index (κ1) is 15.6. The normalized spacial score (nSPS) is 17.3. The van der Waals surface area contributed by atoms with Crippen molar-refractivity contribution >= 4 is 8.80 Å². The van der Waals surface area contributed by atoms with Crippen molar-refractivity contribution in [2.45, 2.75) is 57.2 Å². The molecule has 1 radical (unpaired) electrons. The zero-order valence-electron chi connectivity index (χ0n) is 12.5. The maximum Gasteiger partial charge on any atom is 0.123 e. The second-order valence-corrected chi connectivity index (χ2v) is 8.92. The molecule has 111 valence electrons. The Hall–Kier alpha value is -0.833. The fourth-order valence-electron chi connectivity index (χ4n) is 2.87. The molecule has 1 heterocycles. The van der Waals surface area contributed by atoms with Crippen LogP contribution in [0, 0.1) is 11.7 Å². The Kier molecular flexibility index (Phi) is 6.57. The van der Waals surface area contributed by atoms with Crippen molar-refractivity contribution in [1.29, 1.82) is 0 Å². The number of hydrogen-bond acceptors (Lipinski definition) is 1. The minimum atomic E-state index is -0.200. The minimum absolute atomic E-state index is 0.0457. The Labute approximate surface area is 124 Å². The van der Waals surface area contributed by atoms with Gasteiger partial charge in [0.25, 0.3) is 0 Å². The van der Waals surface area contributed by atoms with Gasteiger partial charge in [-0.15, -0.1) is 0 Å². The zero-order valence-corrected chi connectivity index (χ0v) is 13.5. The quantitative estimate of drug-likeness (QED) is 0.489. The average Bonchev–Trinajstić information content (AvgIpc) is 2.48. The van der Waals surface area contributed by atoms with Crippen LogP contribution in [0.4, 0.5) is 4.39 Å². The Morgan fingerprint density at radius 3 is 2.50 bits per heavy atom. The van der Waals surface area contributed by atoms with E-state index >= 15 is 0 Å². The molecule has 20 heavy (non-hydrogen) atoms. The van der Waals surface area contributed by atoms with Crippen molar-refractivity contribution in [3.05, 3.63) is 30.1 Å². The fourth-order valence-corrected chi connectivity index (χ4v) is 6.01. The topological polar surface area (TPSA) is 9.23 Å². The maximum absolute atomic E-state index is 12.8. The molecule has 0 spiro atoms. The van der Waals surface area contributed by atoms with E-state index in [9.17, 15) is 4.39 Å². The SMILES string of the molecule is CCCCC[Si]1CCC(COc2ccc(F)cc2)CC1. The predicted octanol–water partition coefficient (Wildman–Crippen LogP) is 5.30. The molecule has 0 bridgehead atoms.